The molecular formula is C10H21N3O2S. The zero-order chi connectivity index (χ0) is 11.6. The summed E-state index contributed by atoms with van der Waals surface area (Å²) in [5, 5.41) is 2.99. The molecule has 16 heavy (non-hydrogen) atoms. The van der Waals surface area contributed by atoms with E-state index in [9.17, 15) is 8.42 Å². The summed E-state index contributed by atoms with van der Waals surface area (Å²) in [5.41, 5.74) is 0. The zero-order valence-corrected chi connectivity index (χ0v) is 10.6. The maximum absolute atomic E-state index is 12.1. The molecule has 0 bridgehead atoms. The lowest BCUT2D eigenvalue weighted by Gasteiger charge is -2.24. The van der Waals surface area contributed by atoms with Gasteiger partial charge in [0.15, 0.2) is 0 Å². The molecule has 2 rings (SSSR count). The molecule has 2 aliphatic rings. The predicted octanol–water partition coefficient (Wildman–Crippen LogP) is -0.638. The van der Waals surface area contributed by atoms with Crippen LogP contribution in [0.1, 0.15) is 19.3 Å². The Hall–Kier alpha value is -0.170. The molecule has 2 aliphatic heterocycles. The van der Waals surface area contributed by atoms with Crippen LogP contribution in [-0.4, -0.2) is 57.8 Å². The molecular weight excluding hydrogens is 226 g/mol. The molecule has 0 aromatic carbocycles. The summed E-state index contributed by atoms with van der Waals surface area (Å²) in [4.78, 5) is 2.16. The van der Waals surface area contributed by atoms with Gasteiger partial charge in [0.2, 0.25) is 10.0 Å². The molecule has 0 aliphatic carbocycles. The molecule has 94 valence electrons. The van der Waals surface area contributed by atoms with Gasteiger partial charge in [-0.1, -0.05) is 0 Å². The van der Waals surface area contributed by atoms with Crippen LogP contribution in [0.5, 0.6) is 0 Å². The maximum atomic E-state index is 12.1. The van der Waals surface area contributed by atoms with Crippen molar-refractivity contribution < 1.29 is 8.42 Å². The van der Waals surface area contributed by atoms with Gasteiger partial charge >= 0.3 is 0 Å². The lowest BCUT2D eigenvalue weighted by Crippen LogP contribution is -2.45. The van der Waals surface area contributed by atoms with Crippen LogP contribution in [0.15, 0.2) is 0 Å². The predicted molar refractivity (Wildman–Crippen MR) is 63.8 cm³/mol. The molecule has 0 radical (unpaired) electrons. The number of likely N-dealkylation sites (tertiary alicyclic amines) is 1. The number of rotatable bonds is 3. The van der Waals surface area contributed by atoms with Gasteiger partial charge in [-0.2, -0.15) is 0 Å². The molecule has 1 unspecified atom stereocenters. The third-order valence-corrected chi connectivity index (χ3v) is 5.46. The molecule has 1 atom stereocenters. The van der Waals surface area contributed by atoms with Gasteiger partial charge in [-0.05, 0) is 45.9 Å². The Kier molecular flexibility index (Phi) is 3.84. The van der Waals surface area contributed by atoms with E-state index in [0.717, 1.165) is 45.4 Å². The van der Waals surface area contributed by atoms with Gasteiger partial charge in [0.25, 0.3) is 0 Å². The molecule has 2 N–H and O–H groups in total. The monoisotopic (exact) mass is 247 g/mol. The number of piperidine rings is 1. The topological polar surface area (TPSA) is 61.4 Å². The van der Waals surface area contributed by atoms with E-state index in [2.05, 4.69) is 14.9 Å². The highest BCUT2D eigenvalue weighted by Gasteiger charge is 2.31. The second-order valence-electron chi connectivity index (χ2n) is 4.86. The van der Waals surface area contributed by atoms with E-state index >= 15 is 0 Å². The normalized spacial score (nSPS) is 29.7. The first-order chi connectivity index (χ1) is 7.58. The number of likely N-dealkylation sites (N-methyl/N-ethyl adjacent to an activating group) is 1. The quantitative estimate of drug-likeness (QED) is 0.696. The first-order valence-electron chi connectivity index (χ1n) is 5.98. The maximum Gasteiger partial charge on any atom is 0.214 e. The van der Waals surface area contributed by atoms with Gasteiger partial charge in [-0.3, -0.25) is 0 Å². The van der Waals surface area contributed by atoms with Crippen LogP contribution in [0, 0.1) is 0 Å². The van der Waals surface area contributed by atoms with E-state index in [0.29, 0.717) is 0 Å². The molecule has 0 spiro atoms. The summed E-state index contributed by atoms with van der Waals surface area (Å²) < 4.78 is 27.0. The Morgan fingerprint density at radius 1 is 1.25 bits per heavy atom. The van der Waals surface area contributed by atoms with Crippen molar-refractivity contribution in [3.8, 4) is 0 Å². The van der Waals surface area contributed by atoms with Crippen molar-refractivity contribution in [2.45, 2.75) is 30.6 Å². The van der Waals surface area contributed by atoms with Crippen LogP contribution in [0.3, 0.4) is 0 Å². The molecule has 6 heteroatoms. The van der Waals surface area contributed by atoms with Crippen molar-refractivity contribution in [3.63, 3.8) is 0 Å². The first-order valence-corrected chi connectivity index (χ1v) is 7.53. The van der Waals surface area contributed by atoms with Crippen LogP contribution in [-0.2, 0) is 10.0 Å². The smallest absolute Gasteiger partial charge is 0.214 e. The van der Waals surface area contributed by atoms with Gasteiger partial charge in [-0.25, -0.2) is 13.1 Å². The lowest BCUT2D eigenvalue weighted by atomic mass is 10.2. The van der Waals surface area contributed by atoms with Crippen molar-refractivity contribution in [2.24, 2.45) is 0 Å². The van der Waals surface area contributed by atoms with E-state index in [-0.39, 0.29) is 11.3 Å². The van der Waals surface area contributed by atoms with Crippen LogP contribution >= 0.6 is 0 Å². The summed E-state index contributed by atoms with van der Waals surface area (Å²) in [6, 6.07) is 0.116. The number of nitrogens with zero attached hydrogens (tertiary/aromatic N) is 1. The zero-order valence-electron chi connectivity index (χ0n) is 9.78. The number of hydrogen-bond acceptors (Lipinski definition) is 4. The van der Waals surface area contributed by atoms with Crippen molar-refractivity contribution in [2.75, 3.05) is 33.2 Å². The van der Waals surface area contributed by atoms with Crippen molar-refractivity contribution in [3.05, 3.63) is 0 Å². The molecule has 0 saturated carbocycles. The third-order valence-electron chi connectivity index (χ3n) is 3.45. The van der Waals surface area contributed by atoms with Gasteiger partial charge in [0.05, 0.1) is 5.25 Å². The number of hydrogen-bond donors (Lipinski definition) is 2. The van der Waals surface area contributed by atoms with Crippen LogP contribution in [0.2, 0.25) is 0 Å². The fourth-order valence-corrected chi connectivity index (χ4v) is 4.17. The van der Waals surface area contributed by atoms with Crippen LogP contribution in [0.25, 0.3) is 0 Å². The van der Waals surface area contributed by atoms with E-state index < -0.39 is 10.0 Å². The Morgan fingerprint density at radius 2 is 1.94 bits per heavy atom. The SMILES string of the molecule is CN1CCC(NS(=O)(=O)C2CCNCC2)C1. The fraction of sp³-hybridized carbons (Fsp3) is 1.00. The van der Waals surface area contributed by atoms with Gasteiger partial charge in [-0.15, -0.1) is 0 Å². The Bertz CT molecular complexity index is 325. The van der Waals surface area contributed by atoms with Crippen molar-refractivity contribution in [1.29, 1.82) is 0 Å². The largest absolute Gasteiger partial charge is 0.317 e. The average Bonchev–Trinajstić information content (AvgIpc) is 2.64. The minimum absolute atomic E-state index is 0.116. The number of nitrogens with one attached hydrogen (secondary N) is 2. The van der Waals surface area contributed by atoms with Gasteiger partial charge < -0.3 is 10.2 Å². The fourth-order valence-electron chi connectivity index (χ4n) is 2.47. The minimum Gasteiger partial charge on any atom is -0.317 e. The molecule has 2 heterocycles. The van der Waals surface area contributed by atoms with Crippen LogP contribution < -0.4 is 10.0 Å². The van der Waals surface area contributed by atoms with E-state index in [1.807, 2.05) is 7.05 Å². The van der Waals surface area contributed by atoms with Gasteiger partial charge in [0, 0.05) is 12.6 Å². The van der Waals surface area contributed by atoms with Crippen molar-refractivity contribution in [1.82, 2.24) is 14.9 Å². The van der Waals surface area contributed by atoms with Crippen LogP contribution in [0.4, 0.5) is 0 Å². The van der Waals surface area contributed by atoms with E-state index in [4.69, 9.17) is 0 Å². The summed E-state index contributed by atoms with van der Waals surface area (Å²) >= 11 is 0. The third kappa shape index (κ3) is 2.94. The summed E-state index contributed by atoms with van der Waals surface area (Å²) in [6.45, 7) is 3.45. The molecule has 0 aromatic rings. The minimum atomic E-state index is -3.11. The highest BCUT2D eigenvalue weighted by Crippen LogP contribution is 2.15. The highest BCUT2D eigenvalue weighted by molar-refractivity contribution is 7.90. The van der Waals surface area contributed by atoms with E-state index in [1.54, 1.807) is 0 Å². The molecule has 2 fully saturated rings. The van der Waals surface area contributed by atoms with Gasteiger partial charge in [0.1, 0.15) is 0 Å². The Morgan fingerprint density at radius 3 is 2.50 bits per heavy atom. The molecule has 0 aromatic heterocycles. The molecule has 0 amide bonds. The first kappa shape index (κ1) is 12.3. The second kappa shape index (κ2) is 5.00. The Labute approximate surface area is 97.6 Å². The number of sulfonamides is 1. The summed E-state index contributed by atoms with van der Waals surface area (Å²) in [5.74, 6) is 0. The molecule has 5 nitrogen and oxygen atoms in total. The summed E-state index contributed by atoms with van der Waals surface area (Å²) in [7, 11) is -1.08. The second-order valence-corrected chi connectivity index (χ2v) is 6.85. The average molecular weight is 247 g/mol. The Balaban J connectivity index is 1.91. The summed E-state index contributed by atoms with van der Waals surface area (Å²) in [6.07, 6.45) is 2.40. The van der Waals surface area contributed by atoms with E-state index in [1.165, 1.54) is 0 Å². The highest BCUT2D eigenvalue weighted by atomic mass is 32.2. The lowest BCUT2D eigenvalue weighted by molar-refractivity contribution is 0.406. The van der Waals surface area contributed by atoms with Crippen molar-refractivity contribution >= 4 is 10.0 Å². The molecule has 2 saturated heterocycles. The standard InChI is InChI=1S/C10H21N3O2S/c1-13-7-4-9(8-13)12-16(14,15)10-2-5-11-6-3-10/h9-12H,2-8H2,1H3.